The molecule has 0 unspecified atom stereocenters. The monoisotopic (exact) mass is 411 g/mol. The highest BCUT2D eigenvalue weighted by molar-refractivity contribution is 5.90. The third kappa shape index (κ3) is 4.91. The van der Waals surface area contributed by atoms with Gasteiger partial charge in [0.15, 0.2) is 11.7 Å². The highest BCUT2D eigenvalue weighted by Gasteiger charge is 2.16. The Labute approximate surface area is 173 Å². The molecule has 156 valence electrons. The molecule has 0 radical (unpaired) electrons. The summed E-state index contributed by atoms with van der Waals surface area (Å²) in [5.74, 6) is -1.35. The minimum absolute atomic E-state index is 0.00984. The lowest BCUT2D eigenvalue weighted by molar-refractivity contribution is -0.116. The van der Waals surface area contributed by atoms with Gasteiger partial charge in [0, 0.05) is 25.1 Å². The summed E-state index contributed by atoms with van der Waals surface area (Å²) in [5, 5.41) is 2.89. The van der Waals surface area contributed by atoms with Crippen LogP contribution in [-0.2, 0) is 17.8 Å². The van der Waals surface area contributed by atoms with Crippen molar-refractivity contribution in [2.75, 3.05) is 18.4 Å². The van der Waals surface area contributed by atoms with Crippen molar-refractivity contribution in [3.63, 3.8) is 0 Å². The Hall–Kier alpha value is -3.06. The summed E-state index contributed by atoms with van der Waals surface area (Å²) in [5.41, 5.74) is 1.66. The van der Waals surface area contributed by atoms with Crippen molar-refractivity contribution >= 4 is 11.6 Å². The van der Waals surface area contributed by atoms with Gasteiger partial charge in [-0.1, -0.05) is 18.2 Å². The van der Waals surface area contributed by atoms with Gasteiger partial charge in [-0.05, 0) is 55.8 Å². The van der Waals surface area contributed by atoms with E-state index in [9.17, 15) is 13.6 Å². The molecule has 7 heteroatoms. The SMILES string of the molecule is O=C(CCc1ncc(-c2c(F)cccc2F)o1)Nc1cccc(CN2CCCC2)c1. The van der Waals surface area contributed by atoms with Crippen LogP contribution < -0.4 is 5.32 Å². The first kappa shape index (κ1) is 20.2. The van der Waals surface area contributed by atoms with E-state index in [2.05, 4.69) is 21.3 Å². The number of carbonyl (C=O) groups is 1. The van der Waals surface area contributed by atoms with Gasteiger partial charge in [0.1, 0.15) is 11.6 Å². The number of likely N-dealkylation sites (tertiary alicyclic amines) is 1. The van der Waals surface area contributed by atoms with Gasteiger partial charge in [0.05, 0.1) is 11.8 Å². The molecule has 1 N–H and O–H groups in total. The van der Waals surface area contributed by atoms with Gasteiger partial charge in [-0.15, -0.1) is 0 Å². The van der Waals surface area contributed by atoms with Crippen LogP contribution in [0.2, 0.25) is 0 Å². The average molecular weight is 411 g/mol. The molecule has 0 saturated carbocycles. The molecule has 4 rings (SSSR count). The zero-order chi connectivity index (χ0) is 20.9. The Balaban J connectivity index is 1.33. The van der Waals surface area contributed by atoms with Crippen molar-refractivity contribution in [2.45, 2.75) is 32.2 Å². The van der Waals surface area contributed by atoms with Gasteiger partial charge in [-0.3, -0.25) is 9.69 Å². The molecular formula is C23H23F2N3O2. The van der Waals surface area contributed by atoms with Crippen molar-refractivity contribution in [3.05, 3.63) is 71.8 Å². The first-order valence-corrected chi connectivity index (χ1v) is 10.1. The summed E-state index contributed by atoms with van der Waals surface area (Å²) in [7, 11) is 0. The molecule has 1 saturated heterocycles. The molecule has 0 spiro atoms. The summed E-state index contributed by atoms with van der Waals surface area (Å²) >= 11 is 0. The molecule has 1 fully saturated rings. The van der Waals surface area contributed by atoms with Gasteiger partial charge in [-0.2, -0.15) is 0 Å². The fourth-order valence-corrected chi connectivity index (χ4v) is 3.66. The van der Waals surface area contributed by atoms with Crippen LogP contribution in [0.25, 0.3) is 11.3 Å². The smallest absolute Gasteiger partial charge is 0.224 e. The number of anilines is 1. The van der Waals surface area contributed by atoms with Gasteiger partial charge in [0.2, 0.25) is 5.91 Å². The molecule has 1 amide bonds. The van der Waals surface area contributed by atoms with Crippen molar-refractivity contribution in [1.29, 1.82) is 0 Å². The predicted molar refractivity (Wildman–Crippen MR) is 110 cm³/mol. The van der Waals surface area contributed by atoms with Crippen molar-refractivity contribution in [3.8, 4) is 11.3 Å². The molecule has 1 aromatic heterocycles. The van der Waals surface area contributed by atoms with E-state index in [1.165, 1.54) is 30.7 Å². The van der Waals surface area contributed by atoms with E-state index in [1.807, 2.05) is 18.2 Å². The quantitative estimate of drug-likeness (QED) is 0.608. The number of halogens is 2. The number of aromatic nitrogens is 1. The normalized spacial score (nSPS) is 14.2. The topological polar surface area (TPSA) is 58.4 Å². The molecule has 2 aromatic carbocycles. The van der Waals surface area contributed by atoms with E-state index in [1.54, 1.807) is 0 Å². The third-order valence-electron chi connectivity index (χ3n) is 5.14. The number of benzene rings is 2. The van der Waals surface area contributed by atoms with E-state index in [-0.39, 0.29) is 36.0 Å². The second-order valence-electron chi connectivity index (χ2n) is 7.45. The molecule has 1 aliphatic rings. The van der Waals surface area contributed by atoms with Gasteiger partial charge >= 0.3 is 0 Å². The number of hydrogen-bond donors (Lipinski definition) is 1. The fraction of sp³-hybridized carbons (Fsp3) is 0.304. The summed E-state index contributed by atoms with van der Waals surface area (Å²) in [4.78, 5) is 18.8. The summed E-state index contributed by atoms with van der Waals surface area (Å²) in [6.07, 6.45) is 4.13. The molecular weight excluding hydrogens is 388 g/mol. The lowest BCUT2D eigenvalue weighted by Gasteiger charge is -2.15. The summed E-state index contributed by atoms with van der Waals surface area (Å²) in [6.45, 7) is 3.12. The van der Waals surface area contributed by atoms with Crippen molar-refractivity contribution in [2.24, 2.45) is 0 Å². The number of oxazole rings is 1. The molecule has 30 heavy (non-hydrogen) atoms. The van der Waals surface area contributed by atoms with Crippen LogP contribution in [-0.4, -0.2) is 28.9 Å². The average Bonchev–Trinajstić information content (AvgIpc) is 3.39. The Morgan fingerprint density at radius 3 is 2.60 bits per heavy atom. The number of aryl methyl sites for hydroxylation is 1. The maximum atomic E-state index is 13.9. The van der Waals surface area contributed by atoms with Gasteiger partial charge in [0.25, 0.3) is 0 Å². The zero-order valence-corrected chi connectivity index (χ0v) is 16.5. The summed E-state index contributed by atoms with van der Waals surface area (Å²) < 4.78 is 33.2. The molecule has 0 bridgehead atoms. The Bertz CT molecular complexity index is 1010. The van der Waals surface area contributed by atoms with Crippen LogP contribution >= 0.6 is 0 Å². The molecule has 0 atom stereocenters. The second kappa shape index (κ2) is 9.17. The lowest BCUT2D eigenvalue weighted by Crippen LogP contribution is -2.18. The molecule has 0 aliphatic carbocycles. The van der Waals surface area contributed by atoms with Gasteiger partial charge in [-0.25, -0.2) is 13.8 Å². The molecule has 3 aromatic rings. The van der Waals surface area contributed by atoms with E-state index < -0.39 is 11.6 Å². The molecule has 5 nitrogen and oxygen atoms in total. The number of carbonyl (C=O) groups excluding carboxylic acids is 1. The van der Waals surface area contributed by atoms with Crippen molar-refractivity contribution < 1.29 is 18.0 Å². The maximum absolute atomic E-state index is 13.9. The van der Waals surface area contributed by atoms with E-state index in [0.717, 1.165) is 37.5 Å². The Morgan fingerprint density at radius 2 is 1.83 bits per heavy atom. The van der Waals surface area contributed by atoms with Crippen LogP contribution in [0.3, 0.4) is 0 Å². The largest absolute Gasteiger partial charge is 0.441 e. The van der Waals surface area contributed by atoms with E-state index >= 15 is 0 Å². The van der Waals surface area contributed by atoms with Crippen LogP contribution in [0.15, 0.2) is 53.1 Å². The number of rotatable bonds is 7. The molecule has 2 heterocycles. The maximum Gasteiger partial charge on any atom is 0.224 e. The lowest BCUT2D eigenvalue weighted by atomic mass is 10.1. The predicted octanol–water partition coefficient (Wildman–Crippen LogP) is 4.79. The van der Waals surface area contributed by atoms with Crippen LogP contribution in [0.5, 0.6) is 0 Å². The number of nitrogens with one attached hydrogen (secondary N) is 1. The Morgan fingerprint density at radius 1 is 1.10 bits per heavy atom. The van der Waals surface area contributed by atoms with Crippen molar-refractivity contribution in [1.82, 2.24) is 9.88 Å². The minimum atomic E-state index is -0.718. The number of amides is 1. The van der Waals surface area contributed by atoms with E-state index in [0.29, 0.717) is 0 Å². The van der Waals surface area contributed by atoms with Gasteiger partial charge < -0.3 is 9.73 Å². The fourth-order valence-electron chi connectivity index (χ4n) is 3.66. The molecule has 1 aliphatic heterocycles. The zero-order valence-electron chi connectivity index (χ0n) is 16.5. The summed E-state index contributed by atoms with van der Waals surface area (Å²) in [6, 6.07) is 11.4. The standard InChI is InChI=1S/C23H23F2N3O2/c24-18-7-4-8-19(25)23(18)20-14-26-22(30-20)10-9-21(29)27-17-6-3-5-16(13-17)15-28-11-1-2-12-28/h3-8,13-14H,1-2,9-12,15H2,(H,27,29). The van der Waals surface area contributed by atoms with Crippen LogP contribution in [0.1, 0.15) is 30.7 Å². The van der Waals surface area contributed by atoms with Crippen LogP contribution in [0.4, 0.5) is 14.5 Å². The highest BCUT2D eigenvalue weighted by Crippen LogP contribution is 2.27. The number of nitrogens with zero attached hydrogens (tertiary/aromatic N) is 2. The first-order chi connectivity index (χ1) is 14.6. The minimum Gasteiger partial charge on any atom is -0.441 e. The third-order valence-corrected chi connectivity index (χ3v) is 5.14. The van der Waals surface area contributed by atoms with E-state index in [4.69, 9.17) is 4.42 Å². The number of hydrogen-bond acceptors (Lipinski definition) is 4. The Kier molecular flexibility index (Phi) is 6.18. The first-order valence-electron chi connectivity index (χ1n) is 10.1. The second-order valence-corrected chi connectivity index (χ2v) is 7.45. The van der Waals surface area contributed by atoms with Crippen LogP contribution in [0, 0.1) is 11.6 Å². The highest BCUT2D eigenvalue weighted by atomic mass is 19.1.